The van der Waals surface area contributed by atoms with Gasteiger partial charge in [-0.15, -0.1) is 0 Å². The van der Waals surface area contributed by atoms with Gasteiger partial charge in [-0.3, -0.25) is 14.5 Å². The molecule has 12 heteroatoms. The molecule has 4 heterocycles. The van der Waals surface area contributed by atoms with Crippen molar-refractivity contribution in [1.29, 1.82) is 0 Å². The van der Waals surface area contributed by atoms with Crippen molar-refractivity contribution in [3.63, 3.8) is 0 Å². The van der Waals surface area contributed by atoms with Crippen molar-refractivity contribution in [2.75, 3.05) is 11.9 Å². The van der Waals surface area contributed by atoms with Gasteiger partial charge < -0.3 is 15.6 Å². The van der Waals surface area contributed by atoms with Crippen LogP contribution in [0.2, 0.25) is 10.0 Å². The van der Waals surface area contributed by atoms with Crippen LogP contribution < -0.4 is 15.8 Å². The lowest BCUT2D eigenvalue weighted by atomic mass is 9.89. The maximum Gasteiger partial charge on any atom is 0.276 e. The standard InChI is InChI=1S/C21H25Cl2FN6O2S/c1-20(2)19(25)30-21(3,14-5-4-8-27-33(14,20)32)17-13(24)6-7-15(28-17)29-18(31)16-12(23)9-11(22)10-26-16/h6-7,9-10,14,27,32H,4-5,8H2,1-3H3,(H2,25,30)(H,28,29,31)/t14-,21-/m0/s1. The van der Waals surface area contributed by atoms with E-state index in [0.29, 0.717) is 18.0 Å². The number of rotatable bonds is 3. The van der Waals surface area contributed by atoms with Gasteiger partial charge in [0.25, 0.3) is 5.91 Å². The Kier molecular flexibility index (Phi) is 6.11. The van der Waals surface area contributed by atoms with E-state index in [9.17, 15) is 9.35 Å². The number of carbonyl (C=O) groups is 1. The van der Waals surface area contributed by atoms with Crippen LogP contribution in [0.4, 0.5) is 10.2 Å². The number of amidine groups is 1. The van der Waals surface area contributed by atoms with Gasteiger partial charge in [0.15, 0.2) is 0 Å². The van der Waals surface area contributed by atoms with Gasteiger partial charge in [-0.25, -0.2) is 14.4 Å². The van der Waals surface area contributed by atoms with Gasteiger partial charge in [-0.05, 0) is 51.8 Å². The number of amides is 1. The fourth-order valence-electron chi connectivity index (χ4n) is 4.38. The third-order valence-corrected chi connectivity index (χ3v) is 10.8. The Morgan fingerprint density at radius 3 is 2.79 bits per heavy atom. The summed E-state index contributed by atoms with van der Waals surface area (Å²) in [7, 11) is -2.51. The number of hydrogen-bond acceptors (Lipinski definition) is 7. The smallest absolute Gasteiger partial charge is 0.276 e. The fraction of sp³-hybridized carbons (Fsp3) is 0.429. The van der Waals surface area contributed by atoms with Crippen molar-refractivity contribution < 1.29 is 13.7 Å². The summed E-state index contributed by atoms with van der Waals surface area (Å²) in [4.78, 5) is 25.7. The number of aromatic nitrogens is 2. The predicted octanol–water partition coefficient (Wildman–Crippen LogP) is 4.48. The van der Waals surface area contributed by atoms with Gasteiger partial charge in [0.05, 0.1) is 20.0 Å². The summed E-state index contributed by atoms with van der Waals surface area (Å²) in [5.74, 6) is -0.921. The van der Waals surface area contributed by atoms with Crippen LogP contribution in [0.3, 0.4) is 0 Å². The van der Waals surface area contributed by atoms with Crippen LogP contribution in [0.5, 0.6) is 0 Å². The first-order chi connectivity index (χ1) is 15.4. The Labute approximate surface area is 202 Å². The maximum absolute atomic E-state index is 15.1. The highest BCUT2D eigenvalue weighted by Gasteiger charge is 2.60. The first kappa shape index (κ1) is 24.2. The van der Waals surface area contributed by atoms with E-state index in [2.05, 4.69) is 25.0 Å². The fourth-order valence-corrected chi connectivity index (χ4v) is 8.28. The third kappa shape index (κ3) is 3.87. The Bertz CT molecular complexity index is 1170. The lowest BCUT2D eigenvalue weighted by molar-refractivity contribution is 0.102. The topological polar surface area (TPSA) is 126 Å². The molecule has 1 fully saturated rings. The number of aliphatic imine (C=N–C) groups is 1. The summed E-state index contributed by atoms with van der Waals surface area (Å²) in [5, 5.41) is 2.53. The van der Waals surface area contributed by atoms with Gasteiger partial charge in [-0.1, -0.05) is 33.7 Å². The number of pyridine rings is 2. The maximum atomic E-state index is 15.1. The molecule has 0 unspecified atom stereocenters. The average Bonchev–Trinajstić information content (AvgIpc) is 2.74. The predicted molar refractivity (Wildman–Crippen MR) is 131 cm³/mol. The monoisotopic (exact) mass is 514 g/mol. The number of nitrogens with zero attached hydrogens (tertiary/aromatic N) is 3. The quantitative estimate of drug-likeness (QED) is 0.478. The lowest BCUT2D eigenvalue weighted by Crippen LogP contribution is -2.62. The van der Waals surface area contributed by atoms with Gasteiger partial charge >= 0.3 is 0 Å². The molecular formula is C21H25Cl2FN6O2S. The van der Waals surface area contributed by atoms with E-state index in [4.69, 9.17) is 28.9 Å². The van der Waals surface area contributed by atoms with Gasteiger partial charge in [0, 0.05) is 12.7 Å². The first-order valence-electron chi connectivity index (χ1n) is 10.3. The minimum absolute atomic E-state index is 0.00598. The van der Waals surface area contributed by atoms with Gasteiger partial charge in [-0.2, -0.15) is 0 Å². The van der Waals surface area contributed by atoms with Gasteiger partial charge in [0.2, 0.25) is 0 Å². The molecular weight excluding hydrogens is 490 g/mol. The number of anilines is 1. The summed E-state index contributed by atoms with van der Waals surface area (Å²) in [6, 6.07) is 3.94. The summed E-state index contributed by atoms with van der Waals surface area (Å²) >= 11 is 11.9. The summed E-state index contributed by atoms with van der Waals surface area (Å²) in [6.07, 6.45) is 2.71. The second kappa shape index (κ2) is 8.35. The number of nitrogens with one attached hydrogen (secondary N) is 2. The van der Waals surface area contributed by atoms with Crippen LogP contribution in [-0.4, -0.2) is 42.8 Å². The van der Waals surface area contributed by atoms with E-state index in [1.54, 1.807) is 6.92 Å². The zero-order valence-corrected chi connectivity index (χ0v) is 20.7. The second-order valence-corrected chi connectivity index (χ2v) is 12.7. The van der Waals surface area contributed by atoms with E-state index >= 15 is 4.39 Å². The van der Waals surface area contributed by atoms with Crippen molar-refractivity contribution in [3.8, 4) is 0 Å². The Balaban J connectivity index is 1.75. The largest absolute Gasteiger partial charge is 0.386 e. The molecule has 2 aromatic rings. The van der Waals surface area contributed by atoms with E-state index in [-0.39, 0.29) is 28.1 Å². The van der Waals surface area contributed by atoms with Crippen molar-refractivity contribution in [2.24, 2.45) is 10.7 Å². The lowest BCUT2D eigenvalue weighted by Gasteiger charge is -2.61. The van der Waals surface area contributed by atoms with Crippen LogP contribution in [0, 0.1) is 5.82 Å². The molecule has 2 aliphatic rings. The molecule has 1 amide bonds. The summed E-state index contributed by atoms with van der Waals surface area (Å²) in [5.41, 5.74) is 5.02. The molecule has 3 atom stereocenters. The zero-order chi connectivity index (χ0) is 24.2. The number of hydrogen-bond donors (Lipinski definition) is 4. The van der Waals surface area contributed by atoms with Crippen LogP contribution >= 0.6 is 33.7 Å². The second-order valence-electron chi connectivity index (χ2n) is 8.77. The molecule has 2 aromatic heterocycles. The number of nitrogens with two attached hydrogens (primary N) is 1. The molecule has 0 radical (unpaired) electrons. The van der Waals surface area contributed by atoms with Crippen molar-refractivity contribution in [1.82, 2.24) is 14.7 Å². The van der Waals surface area contributed by atoms with Crippen molar-refractivity contribution >= 4 is 51.3 Å². The summed E-state index contributed by atoms with van der Waals surface area (Å²) in [6.45, 7) is 6.04. The highest BCUT2D eigenvalue weighted by molar-refractivity contribution is 8.29. The molecule has 4 rings (SSSR count). The first-order valence-corrected chi connectivity index (χ1v) is 12.7. The Hall–Kier alpha value is -1.98. The highest BCUT2D eigenvalue weighted by Crippen LogP contribution is 2.66. The van der Waals surface area contributed by atoms with Crippen molar-refractivity contribution in [2.45, 2.75) is 49.1 Å². The molecule has 0 bridgehead atoms. The molecule has 5 N–H and O–H groups in total. The van der Waals surface area contributed by atoms with E-state index in [0.717, 1.165) is 6.42 Å². The third-order valence-electron chi connectivity index (χ3n) is 6.34. The average molecular weight is 515 g/mol. The van der Waals surface area contributed by atoms with Crippen molar-refractivity contribution in [3.05, 3.63) is 51.6 Å². The van der Waals surface area contributed by atoms with E-state index in [1.807, 2.05) is 13.8 Å². The van der Waals surface area contributed by atoms with E-state index < -0.39 is 37.8 Å². The normalized spacial score (nSPS) is 28.6. The zero-order valence-electron chi connectivity index (χ0n) is 18.3. The Morgan fingerprint density at radius 1 is 1.36 bits per heavy atom. The molecule has 0 aliphatic carbocycles. The van der Waals surface area contributed by atoms with Crippen LogP contribution in [-0.2, 0) is 5.54 Å². The molecule has 2 aliphatic heterocycles. The number of fused-ring (bicyclic) bond motifs is 1. The minimum atomic E-state index is -2.51. The molecule has 0 aromatic carbocycles. The van der Waals surface area contributed by atoms with Crippen LogP contribution in [0.25, 0.3) is 0 Å². The van der Waals surface area contributed by atoms with E-state index in [1.165, 1.54) is 24.4 Å². The molecule has 8 nitrogen and oxygen atoms in total. The summed E-state index contributed by atoms with van der Waals surface area (Å²) < 4.78 is 29.4. The SMILES string of the molecule is CC1(C)C(N)=N[C@](C)(c2nc(NC(=O)c3ncc(Cl)cc3Cl)ccc2F)[C@@H]2CCCN[S@]21O. The molecule has 33 heavy (non-hydrogen) atoms. The molecule has 0 saturated carbocycles. The minimum Gasteiger partial charge on any atom is -0.386 e. The highest BCUT2D eigenvalue weighted by atomic mass is 35.5. The van der Waals surface area contributed by atoms with Crippen LogP contribution in [0.1, 0.15) is 49.8 Å². The molecule has 178 valence electrons. The Morgan fingerprint density at radius 2 is 2.09 bits per heavy atom. The number of halogens is 3. The van der Waals surface area contributed by atoms with Gasteiger partial charge in [0.1, 0.15) is 34.4 Å². The molecule has 0 spiro atoms. The van der Waals surface area contributed by atoms with Crippen LogP contribution in [0.15, 0.2) is 29.4 Å². The molecule has 1 saturated heterocycles. The number of carbonyl (C=O) groups excluding carboxylic acids is 1.